The van der Waals surface area contributed by atoms with Crippen LogP contribution in [0.3, 0.4) is 0 Å². The fourth-order valence-corrected chi connectivity index (χ4v) is 4.95. The number of carbonyl (C=O) groups is 2. The smallest absolute Gasteiger partial charge is 0.323 e. The summed E-state index contributed by atoms with van der Waals surface area (Å²) in [5.74, 6) is -0.378. The number of urea groups is 1. The van der Waals surface area contributed by atoms with Crippen molar-refractivity contribution in [3.05, 3.63) is 83.3 Å². The minimum absolute atomic E-state index is 0.0335. The summed E-state index contributed by atoms with van der Waals surface area (Å²) in [5.41, 5.74) is 3.10. The lowest BCUT2D eigenvalue weighted by Gasteiger charge is -2.29. The topological polar surface area (TPSA) is 77.2 Å². The number of halogens is 2. The summed E-state index contributed by atoms with van der Waals surface area (Å²) in [4.78, 5) is 30.6. The van der Waals surface area contributed by atoms with Crippen LogP contribution in [0.5, 0.6) is 0 Å². The maximum absolute atomic E-state index is 14.3. The standard InChI is InChI=1S/C24H18ClFN4O2S/c25-17-5-3-6-18(26)16(17)12-30-21-9-8-14(10-22(21)33-13-23(30)31)28-24(32)29-20-11-27-19-7-2-1-4-15(19)20/h1-11,27H,12-13H2,(H2,28,29,32). The Labute approximate surface area is 198 Å². The molecule has 2 heterocycles. The van der Waals surface area contributed by atoms with Crippen molar-refractivity contribution < 1.29 is 14.0 Å². The highest BCUT2D eigenvalue weighted by atomic mass is 35.5. The van der Waals surface area contributed by atoms with Crippen LogP contribution in [0.2, 0.25) is 5.02 Å². The van der Waals surface area contributed by atoms with Crippen molar-refractivity contribution >= 4 is 63.3 Å². The summed E-state index contributed by atoms with van der Waals surface area (Å²) in [5, 5.41) is 6.86. The van der Waals surface area contributed by atoms with Gasteiger partial charge in [-0.1, -0.05) is 35.9 Å². The van der Waals surface area contributed by atoms with Gasteiger partial charge in [-0.2, -0.15) is 0 Å². The highest BCUT2D eigenvalue weighted by Gasteiger charge is 2.27. The first-order valence-corrected chi connectivity index (χ1v) is 11.5. The first kappa shape index (κ1) is 21.4. The van der Waals surface area contributed by atoms with E-state index in [4.69, 9.17) is 11.6 Å². The van der Waals surface area contributed by atoms with E-state index < -0.39 is 5.82 Å². The van der Waals surface area contributed by atoms with E-state index in [9.17, 15) is 14.0 Å². The predicted molar refractivity (Wildman–Crippen MR) is 131 cm³/mol. The highest BCUT2D eigenvalue weighted by Crippen LogP contribution is 2.38. The quantitative estimate of drug-likeness (QED) is 0.323. The summed E-state index contributed by atoms with van der Waals surface area (Å²) in [6.07, 6.45) is 1.74. The second-order valence-corrected chi connectivity index (χ2v) is 8.90. The normalized spacial score (nSPS) is 13.2. The molecule has 166 valence electrons. The van der Waals surface area contributed by atoms with E-state index in [-0.39, 0.29) is 34.8 Å². The Morgan fingerprint density at radius 1 is 1.12 bits per heavy atom. The molecule has 0 saturated carbocycles. The molecule has 3 amide bonds. The molecule has 1 aliphatic heterocycles. The number of fused-ring (bicyclic) bond motifs is 2. The third-order valence-electron chi connectivity index (χ3n) is 5.38. The molecule has 0 bridgehead atoms. The molecule has 5 rings (SSSR count). The van der Waals surface area contributed by atoms with Crippen LogP contribution in [0.25, 0.3) is 10.9 Å². The lowest BCUT2D eigenvalue weighted by atomic mass is 10.1. The van der Waals surface area contributed by atoms with Crippen LogP contribution in [-0.2, 0) is 11.3 Å². The molecule has 3 aromatic carbocycles. The number of hydrogen-bond acceptors (Lipinski definition) is 3. The van der Waals surface area contributed by atoms with Gasteiger partial charge in [0.2, 0.25) is 5.91 Å². The van der Waals surface area contributed by atoms with Gasteiger partial charge in [0.15, 0.2) is 0 Å². The number of H-pyrrole nitrogens is 1. The molecule has 0 saturated heterocycles. The van der Waals surface area contributed by atoms with Crippen LogP contribution in [0.4, 0.5) is 26.2 Å². The molecule has 6 nitrogen and oxygen atoms in total. The lowest BCUT2D eigenvalue weighted by Crippen LogP contribution is -2.35. The van der Waals surface area contributed by atoms with Crippen molar-refractivity contribution in [2.75, 3.05) is 21.3 Å². The van der Waals surface area contributed by atoms with Gasteiger partial charge in [0.1, 0.15) is 5.82 Å². The number of aromatic amines is 1. The second-order valence-electron chi connectivity index (χ2n) is 7.48. The van der Waals surface area contributed by atoms with Crippen molar-refractivity contribution in [2.24, 2.45) is 0 Å². The number of nitrogens with one attached hydrogen (secondary N) is 3. The van der Waals surface area contributed by atoms with E-state index in [1.54, 1.807) is 30.5 Å². The van der Waals surface area contributed by atoms with Crippen molar-refractivity contribution in [3.8, 4) is 0 Å². The Hall–Kier alpha value is -3.49. The number of benzene rings is 3. The van der Waals surface area contributed by atoms with E-state index in [0.717, 1.165) is 15.8 Å². The van der Waals surface area contributed by atoms with Gasteiger partial charge in [-0.25, -0.2) is 9.18 Å². The van der Waals surface area contributed by atoms with Crippen LogP contribution in [-0.4, -0.2) is 22.7 Å². The number of nitrogens with zero attached hydrogens (tertiary/aromatic N) is 1. The van der Waals surface area contributed by atoms with E-state index in [2.05, 4.69) is 15.6 Å². The lowest BCUT2D eigenvalue weighted by molar-refractivity contribution is -0.116. The Morgan fingerprint density at radius 3 is 2.82 bits per heavy atom. The van der Waals surface area contributed by atoms with E-state index in [1.807, 2.05) is 24.3 Å². The van der Waals surface area contributed by atoms with Gasteiger partial charge in [0.05, 0.1) is 23.7 Å². The minimum Gasteiger partial charge on any atom is -0.359 e. The molecule has 9 heteroatoms. The van der Waals surface area contributed by atoms with Crippen LogP contribution >= 0.6 is 23.4 Å². The summed E-state index contributed by atoms with van der Waals surface area (Å²) >= 11 is 7.53. The maximum atomic E-state index is 14.3. The average Bonchev–Trinajstić information content (AvgIpc) is 3.20. The molecule has 0 radical (unpaired) electrons. The van der Waals surface area contributed by atoms with Crippen LogP contribution in [0.15, 0.2) is 71.8 Å². The zero-order chi connectivity index (χ0) is 22.9. The summed E-state index contributed by atoms with van der Waals surface area (Å²) in [6.45, 7) is 0.0335. The molecule has 0 spiro atoms. The number of aromatic nitrogens is 1. The van der Waals surface area contributed by atoms with Crippen molar-refractivity contribution in [1.82, 2.24) is 4.98 Å². The molecule has 4 aromatic rings. The molecule has 3 N–H and O–H groups in total. The largest absolute Gasteiger partial charge is 0.359 e. The molecule has 0 atom stereocenters. The number of rotatable bonds is 4. The minimum atomic E-state index is -0.456. The van der Waals surface area contributed by atoms with Crippen LogP contribution in [0.1, 0.15) is 5.56 Å². The highest BCUT2D eigenvalue weighted by molar-refractivity contribution is 8.00. The zero-order valence-corrected chi connectivity index (χ0v) is 18.8. The molecular weight excluding hydrogens is 463 g/mol. The molecule has 1 aromatic heterocycles. The van der Waals surface area contributed by atoms with Gasteiger partial charge in [-0.3, -0.25) is 4.79 Å². The van der Waals surface area contributed by atoms with Crippen molar-refractivity contribution in [1.29, 1.82) is 0 Å². The molecule has 33 heavy (non-hydrogen) atoms. The first-order chi connectivity index (χ1) is 16.0. The van der Waals surface area contributed by atoms with Gasteiger partial charge in [0, 0.05) is 38.3 Å². The fourth-order valence-electron chi connectivity index (χ4n) is 3.76. The molecular formula is C24H18ClFN4O2S. The van der Waals surface area contributed by atoms with Gasteiger partial charge in [-0.05, 0) is 36.4 Å². The molecule has 0 unspecified atom stereocenters. The third-order valence-corrected chi connectivity index (χ3v) is 6.76. The monoisotopic (exact) mass is 480 g/mol. The Balaban J connectivity index is 1.35. The molecule has 0 fully saturated rings. The average molecular weight is 481 g/mol. The van der Waals surface area contributed by atoms with Gasteiger partial charge in [-0.15, -0.1) is 11.8 Å². The first-order valence-electron chi connectivity index (χ1n) is 10.1. The number of thioether (sulfide) groups is 1. The Kier molecular flexibility index (Phi) is 5.70. The number of amides is 3. The van der Waals surface area contributed by atoms with Crippen molar-refractivity contribution in [2.45, 2.75) is 11.4 Å². The van der Waals surface area contributed by atoms with Crippen LogP contribution < -0.4 is 15.5 Å². The predicted octanol–water partition coefficient (Wildman–Crippen LogP) is 6.24. The maximum Gasteiger partial charge on any atom is 0.323 e. The number of anilines is 3. The second kappa shape index (κ2) is 8.80. The SMILES string of the molecule is O=C(Nc1ccc2c(c1)SCC(=O)N2Cc1c(F)cccc1Cl)Nc1c[nH]c2ccccc12. The van der Waals surface area contributed by atoms with E-state index in [1.165, 1.54) is 28.8 Å². The summed E-state index contributed by atoms with van der Waals surface area (Å²) < 4.78 is 14.3. The van der Waals surface area contributed by atoms with Crippen molar-refractivity contribution in [3.63, 3.8) is 0 Å². The number of hydrogen-bond donors (Lipinski definition) is 3. The van der Waals surface area contributed by atoms with E-state index >= 15 is 0 Å². The van der Waals surface area contributed by atoms with E-state index in [0.29, 0.717) is 17.1 Å². The van der Waals surface area contributed by atoms with Gasteiger partial charge >= 0.3 is 6.03 Å². The third kappa shape index (κ3) is 4.27. The molecule has 0 aliphatic carbocycles. The summed E-state index contributed by atoms with van der Waals surface area (Å²) in [7, 11) is 0. The summed E-state index contributed by atoms with van der Waals surface area (Å²) in [6, 6.07) is 17.0. The van der Waals surface area contributed by atoms with Gasteiger partial charge in [0.25, 0.3) is 0 Å². The molecule has 1 aliphatic rings. The Morgan fingerprint density at radius 2 is 1.97 bits per heavy atom. The van der Waals surface area contributed by atoms with Gasteiger partial charge < -0.3 is 20.5 Å². The van der Waals surface area contributed by atoms with Crippen LogP contribution in [0, 0.1) is 5.82 Å². The zero-order valence-electron chi connectivity index (χ0n) is 17.2. The Bertz CT molecular complexity index is 1370. The number of para-hydroxylation sites is 1. The fraction of sp³-hybridized carbons (Fsp3) is 0.0833. The number of carbonyl (C=O) groups excluding carboxylic acids is 2.